The van der Waals surface area contributed by atoms with Gasteiger partial charge in [-0.25, -0.2) is 4.98 Å². The van der Waals surface area contributed by atoms with E-state index < -0.39 is 11.9 Å². The largest absolute Gasteiger partial charge is 0.434 e. The van der Waals surface area contributed by atoms with E-state index in [2.05, 4.69) is 20.2 Å². The molecule has 0 unspecified atom stereocenters. The second kappa shape index (κ2) is 6.30. The molecule has 0 aromatic carbocycles. The van der Waals surface area contributed by atoms with Gasteiger partial charge in [0.25, 0.3) is 0 Å². The van der Waals surface area contributed by atoms with Crippen LogP contribution in [-0.2, 0) is 12.7 Å². The van der Waals surface area contributed by atoms with E-state index in [1.54, 1.807) is 7.05 Å². The van der Waals surface area contributed by atoms with Crippen LogP contribution < -0.4 is 5.32 Å². The van der Waals surface area contributed by atoms with Crippen LogP contribution in [0.15, 0.2) is 10.4 Å². The number of thiazole rings is 1. The molecule has 23 heavy (non-hydrogen) atoms. The van der Waals surface area contributed by atoms with Gasteiger partial charge in [-0.15, -0.1) is 11.3 Å². The second-order valence-electron chi connectivity index (χ2n) is 6.40. The van der Waals surface area contributed by atoms with Crippen molar-refractivity contribution in [2.75, 3.05) is 20.1 Å². The number of alkyl halides is 3. The van der Waals surface area contributed by atoms with Gasteiger partial charge in [0.05, 0.1) is 6.54 Å². The predicted octanol–water partition coefficient (Wildman–Crippen LogP) is 3.50. The van der Waals surface area contributed by atoms with Crippen molar-refractivity contribution in [3.8, 4) is 0 Å². The predicted molar refractivity (Wildman–Crippen MR) is 84.4 cm³/mol. The molecule has 8 heteroatoms. The van der Waals surface area contributed by atoms with Crippen molar-refractivity contribution >= 4 is 17.3 Å². The molecule has 2 heterocycles. The van der Waals surface area contributed by atoms with E-state index in [0.717, 1.165) is 35.8 Å². The highest BCUT2D eigenvalue weighted by molar-refractivity contribution is 7.09. The van der Waals surface area contributed by atoms with Crippen LogP contribution in [0.1, 0.15) is 42.8 Å². The van der Waals surface area contributed by atoms with Gasteiger partial charge in [-0.05, 0) is 24.7 Å². The molecule has 1 saturated carbocycles. The quantitative estimate of drug-likeness (QED) is 0.658. The summed E-state index contributed by atoms with van der Waals surface area (Å²) in [6.07, 6.45) is 1.98. The van der Waals surface area contributed by atoms with Gasteiger partial charge in [0.2, 0.25) is 0 Å². The Morgan fingerprint density at radius 2 is 2.13 bits per heavy atom. The highest BCUT2D eigenvalue weighted by Crippen LogP contribution is 2.45. The molecule has 1 spiro atoms. The van der Waals surface area contributed by atoms with Crippen molar-refractivity contribution < 1.29 is 13.2 Å². The molecule has 0 amide bonds. The molecule has 128 valence electrons. The summed E-state index contributed by atoms with van der Waals surface area (Å²) in [5.74, 6) is 0.762. The second-order valence-corrected chi connectivity index (χ2v) is 7.35. The van der Waals surface area contributed by atoms with Crippen LogP contribution in [0.5, 0.6) is 0 Å². The fourth-order valence-corrected chi connectivity index (χ4v) is 4.40. The van der Waals surface area contributed by atoms with Crippen LogP contribution in [0.2, 0.25) is 0 Å². The van der Waals surface area contributed by atoms with Crippen molar-refractivity contribution in [1.29, 1.82) is 0 Å². The van der Waals surface area contributed by atoms with Gasteiger partial charge >= 0.3 is 6.18 Å². The summed E-state index contributed by atoms with van der Waals surface area (Å²) < 4.78 is 37.7. The Hall–Kier alpha value is -1.31. The minimum Gasteiger partial charge on any atom is -0.350 e. The van der Waals surface area contributed by atoms with E-state index in [0.29, 0.717) is 10.4 Å². The van der Waals surface area contributed by atoms with E-state index >= 15 is 0 Å². The van der Waals surface area contributed by atoms with Crippen molar-refractivity contribution in [3.63, 3.8) is 0 Å². The van der Waals surface area contributed by atoms with Gasteiger partial charge < -0.3 is 10.2 Å². The number of likely N-dealkylation sites (tertiary alicyclic amines) is 1. The van der Waals surface area contributed by atoms with Crippen LogP contribution in [0, 0.1) is 5.41 Å². The molecule has 4 nitrogen and oxygen atoms in total. The topological polar surface area (TPSA) is 40.5 Å². The van der Waals surface area contributed by atoms with Gasteiger partial charge in [-0.2, -0.15) is 13.2 Å². The zero-order chi connectivity index (χ0) is 16.5. The lowest BCUT2D eigenvalue weighted by molar-refractivity contribution is -0.140. The highest BCUT2D eigenvalue weighted by atomic mass is 32.1. The molecule has 1 aromatic rings. The monoisotopic (exact) mass is 346 g/mol. The van der Waals surface area contributed by atoms with Gasteiger partial charge in [0.1, 0.15) is 5.01 Å². The third kappa shape index (κ3) is 3.62. The van der Waals surface area contributed by atoms with Gasteiger partial charge in [0, 0.05) is 25.5 Å². The van der Waals surface area contributed by atoms with E-state index in [9.17, 15) is 13.2 Å². The van der Waals surface area contributed by atoms with Crippen molar-refractivity contribution in [2.24, 2.45) is 10.4 Å². The fourth-order valence-electron chi connectivity index (χ4n) is 3.66. The van der Waals surface area contributed by atoms with Gasteiger partial charge in [0.15, 0.2) is 11.7 Å². The van der Waals surface area contributed by atoms with Crippen LogP contribution in [0.3, 0.4) is 0 Å². The molecule has 0 bridgehead atoms. The van der Waals surface area contributed by atoms with Crippen molar-refractivity contribution in [3.05, 3.63) is 16.1 Å². The van der Waals surface area contributed by atoms with Crippen LogP contribution in [-0.4, -0.2) is 36.0 Å². The molecular weight excluding hydrogens is 325 g/mol. The lowest BCUT2D eigenvalue weighted by Gasteiger charge is -2.25. The zero-order valence-electron chi connectivity index (χ0n) is 13.1. The number of guanidine groups is 1. The number of hydrogen-bond donors (Lipinski definition) is 1. The molecule has 0 atom stereocenters. The number of nitrogens with zero attached hydrogens (tertiary/aromatic N) is 3. The SMILES string of the molecule is CN=C(NCc1nc(C(F)(F)F)cs1)N1CCC2(CCCC2)C1. The van der Waals surface area contributed by atoms with Crippen LogP contribution in [0.4, 0.5) is 13.2 Å². The first-order valence-corrected chi connectivity index (χ1v) is 8.77. The summed E-state index contributed by atoms with van der Waals surface area (Å²) in [4.78, 5) is 10.1. The van der Waals surface area contributed by atoms with Gasteiger partial charge in [-0.3, -0.25) is 4.99 Å². The van der Waals surface area contributed by atoms with E-state index in [-0.39, 0.29) is 6.54 Å². The van der Waals surface area contributed by atoms with E-state index in [1.807, 2.05) is 0 Å². The van der Waals surface area contributed by atoms with E-state index in [1.165, 1.54) is 32.1 Å². The summed E-state index contributed by atoms with van der Waals surface area (Å²) >= 11 is 1.02. The average molecular weight is 346 g/mol. The highest BCUT2D eigenvalue weighted by Gasteiger charge is 2.41. The lowest BCUT2D eigenvalue weighted by Crippen LogP contribution is -2.40. The fraction of sp³-hybridized carbons (Fsp3) is 0.733. The minimum atomic E-state index is -4.37. The maximum absolute atomic E-state index is 12.6. The lowest BCUT2D eigenvalue weighted by atomic mass is 9.86. The number of hydrogen-bond acceptors (Lipinski definition) is 3. The molecule has 0 radical (unpaired) electrons. The Bertz CT molecular complexity index is 576. The van der Waals surface area contributed by atoms with Crippen LogP contribution >= 0.6 is 11.3 Å². The first-order chi connectivity index (χ1) is 10.9. The molecule has 1 aromatic heterocycles. The Labute approximate surface area is 137 Å². The average Bonchev–Trinajstić information content (AvgIpc) is 3.22. The summed E-state index contributed by atoms with van der Waals surface area (Å²) in [5.41, 5.74) is -0.386. The Morgan fingerprint density at radius 3 is 2.74 bits per heavy atom. The first-order valence-electron chi connectivity index (χ1n) is 7.89. The van der Waals surface area contributed by atoms with Crippen molar-refractivity contribution in [2.45, 2.75) is 44.8 Å². The third-order valence-electron chi connectivity index (χ3n) is 4.85. The maximum Gasteiger partial charge on any atom is 0.434 e. The first kappa shape index (κ1) is 16.5. The van der Waals surface area contributed by atoms with Gasteiger partial charge in [-0.1, -0.05) is 12.8 Å². The molecule has 1 saturated heterocycles. The molecule has 2 aliphatic rings. The Kier molecular flexibility index (Phi) is 4.53. The smallest absolute Gasteiger partial charge is 0.350 e. The number of aliphatic imine (C=N–C) groups is 1. The summed E-state index contributed by atoms with van der Waals surface area (Å²) in [6.45, 7) is 2.24. The number of nitrogens with one attached hydrogen (secondary N) is 1. The van der Waals surface area contributed by atoms with Crippen molar-refractivity contribution in [1.82, 2.24) is 15.2 Å². The summed E-state index contributed by atoms with van der Waals surface area (Å²) in [7, 11) is 1.71. The summed E-state index contributed by atoms with van der Waals surface area (Å²) in [5, 5.41) is 4.64. The summed E-state index contributed by atoms with van der Waals surface area (Å²) in [6, 6.07) is 0. The van der Waals surface area contributed by atoms with Crippen LogP contribution in [0.25, 0.3) is 0 Å². The molecule has 1 aliphatic carbocycles. The number of halogens is 3. The zero-order valence-corrected chi connectivity index (χ0v) is 13.9. The molecule has 1 aliphatic heterocycles. The molecule has 2 fully saturated rings. The molecule has 1 N–H and O–H groups in total. The normalized spacial score (nSPS) is 21.4. The molecule has 3 rings (SSSR count). The number of aromatic nitrogens is 1. The Balaban J connectivity index is 1.57. The number of rotatable bonds is 2. The Morgan fingerprint density at radius 1 is 1.39 bits per heavy atom. The van der Waals surface area contributed by atoms with E-state index in [4.69, 9.17) is 0 Å². The minimum absolute atomic E-state index is 0.275. The third-order valence-corrected chi connectivity index (χ3v) is 5.70. The standard InChI is InChI=1S/C15H21F3N4S/c1-19-13(22-7-6-14(10-22)4-2-3-5-14)20-8-12-21-11(9-23-12)15(16,17)18/h9H,2-8,10H2,1H3,(H,19,20). The molecular formula is C15H21F3N4S. The maximum atomic E-state index is 12.6.